The highest BCUT2D eigenvalue weighted by molar-refractivity contribution is 9.10. The minimum absolute atomic E-state index is 0.167. The van der Waals surface area contributed by atoms with Gasteiger partial charge in [0.25, 0.3) is 11.1 Å². The average molecular weight is 438 g/mol. The van der Waals surface area contributed by atoms with Crippen molar-refractivity contribution < 1.29 is 9.53 Å². The number of rotatable bonds is 3. The van der Waals surface area contributed by atoms with Crippen LogP contribution in [0.3, 0.4) is 0 Å². The quantitative estimate of drug-likeness (QED) is 0.635. The second-order valence-electron chi connectivity index (χ2n) is 5.73. The van der Waals surface area contributed by atoms with Crippen molar-refractivity contribution in [2.75, 3.05) is 6.61 Å². The van der Waals surface area contributed by atoms with Gasteiger partial charge in [-0.15, -0.1) is 11.3 Å². The van der Waals surface area contributed by atoms with Crippen LogP contribution in [-0.4, -0.2) is 27.1 Å². The number of ether oxygens (including phenoxy) is 1. The van der Waals surface area contributed by atoms with E-state index in [1.54, 1.807) is 27.0 Å². The van der Waals surface area contributed by atoms with Crippen molar-refractivity contribution >= 4 is 43.5 Å². The van der Waals surface area contributed by atoms with E-state index >= 15 is 0 Å². The van der Waals surface area contributed by atoms with Crippen LogP contribution in [0.1, 0.15) is 27.9 Å². The molecule has 0 saturated carbocycles. The fourth-order valence-corrected chi connectivity index (χ4v) is 4.19. The summed E-state index contributed by atoms with van der Waals surface area (Å²) < 4.78 is 7.24. The molecule has 26 heavy (non-hydrogen) atoms. The molecule has 0 aromatic carbocycles. The number of halogens is 1. The Balaban J connectivity index is 2.27. The van der Waals surface area contributed by atoms with Gasteiger partial charge in [-0.05, 0) is 48.3 Å². The highest BCUT2D eigenvalue weighted by Crippen LogP contribution is 2.29. The molecule has 0 spiro atoms. The third-order valence-electron chi connectivity index (χ3n) is 4.17. The zero-order valence-electron chi connectivity index (χ0n) is 14.6. The largest absolute Gasteiger partial charge is 0.462 e. The van der Waals surface area contributed by atoms with Crippen LogP contribution in [0.25, 0.3) is 21.6 Å². The molecule has 0 radical (unpaired) electrons. The summed E-state index contributed by atoms with van der Waals surface area (Å²) >= 11 is 4.50. The molecule has 0 atom stereocenters. The van der Waals surface area contributed by atoms with E-state index in [2.05, 4.69) is 25.9 Å². The summed E-state index contributed by atoms with van der Waals surface area (Å²) in [4.78, 5) is 45.0. The van der Waals surface area contributed by atoms with Crippen LogP contribution >= 0.6 is 27.3 Å². The van der Waals surface area contributed by atoms with Gasteiger partial charge < -0.3 is 14.3 Å². The summed E-state index contributed by atoms with van der Waals surface area (Å²) in [6.45, 7) is 5.45. The smallest absolute Gasteiger partial charge is 0.348 e. The molecule has 0 unspecified atom stereocenters. The van der Waals surface area contributed by atoms with Crippen molar-refractivity contribution in [2.24, 2.45) is 7.05 Å². The van der Waals surface area contributed by atoms with Gasteiger partial charge in [0, 0.05) is 17.2 Å². The number of aromatic nitrogens is 3. The van der Waals surface area contributed by atoms with E-state index in [1.807, 2.05) is 6.92 Å². The zero-order valence-corrected chi connectivity index (χ0v) is 17.0. The monoisotopic (exact) mass is 437 g/mol. The van der Waals surface area contributed by atoms with E-state index in [4.69, 9.17) is 4.74 Å². The molecule has 0 aliphatic rings. The van der Waals surface area contributed by atoms with E-state index in [-0.39, 0.29) is 23.6 Å². The predicted octanol–water partition coefficient (Wildman–Crippen LogP) is 2.91. The van der Waals surface area contributed by atoms with Crippen LogP contribution in [0.2, 0.25) is 0 Å². The SMILES string of the molecule is CCOC(=O)c1sc2nc(-c3cc(Br)c(C)n(C)c3=O)[nH]c(=O)c2c1C. The third-order valence-corrected chi connectivity index (χ3v) is 6.14. The van der Waals surface area contributed by atoms with Crippen molar-refractivity contribution in [3.8, 4) is 11.4 Å². The van der Waals surface area contributed by atoms with Crippen molar-refractivity contribution in [2.45, 2.75) is 20.8 Å². The number of pyridine rings is 1. The summed E-state index contributed by atoms with van der Waals surface area (Å²) in [5, 5.41) is 0.338. The number of carbonyl (C=O) groups excluding carboxylic acids is 1. The van der Waals surface area contributed by atoms with Crippen molar-refractivity contribution in [3.05, 3.63) is 47.4 Å². The fourth-order valence-electron chi connectivity index (χ4n) is 2.62. The maximum atomic E-state index is 12.6. The molecule has 136 valence electrons. The molecular weight excluding hydrogens is 422 g/mol. The Morgan fingerprint density at radius 1 is 1.38 bits per heavy atom. The first-order valence-electron chi connectivity index (χ1n) is 7.83. The van der Waals surface area contributed by atoms with E-state index in [1.165, 1.54) is 4.57 Å². The molecule has 3 heterocycles. The van der Waals surface area contributed by atoms with Crippen LogP contribution in [0.15, 0.2) is 20.1 Å². The molecule has 3 aromatic rings. The van der Waals surface area contributed by atoms with Gasteiger partial charge in [0.05, 0.1) is 17.6 Å². The number of thiophene rings is 1. The van der Waals surface area contributed by atoms with Gasteiger partial charge in [-0.25, -0.2) is 9.78 Å². The van der Waals surface area contributed by atoms with E-state index in [9.17, 15) is 14.4 Å². The Morgan fingerprint density at radius 3 is 2.73 bits per heavy atom. The molecule has 0 bridgehead atoms. The van der Waals surface area contributed by atoms with Crippen molar-refractivity contribution in [1.29, 1.82) is 0 Å². The topological polar surface area (TPSA) is 94.0 Å². The summed E-state index contributed by atoms with van der Waals surface area (Å²) in [5.74, 6) is -0.316. The summed E-state index contributed by atoms with van der Waals surface area (Å²) in [5.41, 5.74) is 0.897. The van der Waals surface area contributed by atoms with Crippen LogP contribution in [0.4, 0.5) is 0 Å². The number of aryl methyl sites for hydroxylation is 1. The van der Waals surface area contributed by atoms with Gasteiger partial charge in [-0.1, -0.05) is 0 Å². The summed E-state index contributed by atoms with van der Waals surface area (Å²) in [6.07, 6.45) is 0. The molecule has 0 aliphatic heterocycles. The molecule has 3 aromatic heterocycles. The Labute approximate surface area is 160 Å². The first kappa shape index (κ1) is 18.5. The molecule has 7 nitrogen and oxygen atoms in total. The van der Waals surface area contributed by atoms with Crippen molar-refractivity contribution in [1.82, 2.24) is 14.5 Å². The number of nitrogens with one attached hydrogen (secondary N) is 1. The van der Waals surface area contributed by atoms with Gasteiger partial charge in [0.1, 0.15) is 15.5 Å². The normalized spacial score (nSPS) is 11.1. The first-order valence-corrected chi connectivity index (χ1v) is 9.44. The molecule has 0 saturated heterocycles. The van der Waals surface area contributed by atoms with E-state index in [0.29, 0.717) is 20.7 Å². The second kappa shape index (κ2) is 6.81. The zero-order chi connectivity index (χ0) is 19.2. The van der Waals surface area contributed by atoms with E-state index in [0.717, 1.165) is 21.5 Å². The molecule has 0 amide bonds. The maximum Gasteiger partial charge on any atom is 0.348 e. The second-order valence-corrected chi connectivity index (χ2v) is 7.58. The lowest BCUT2D eigenvalue weighted by Crippen LogP contribution is -2.23. The first-order chi connectivity index (χ1) is 12.3. The van der Waals surface area contributed by atoms with Crippen LogP contribution in [-0.2, 0) is 11.8 Å². The highest BCUT2D eigenvalue weighted by atomic mass is 79.9. The van der Waals surface area contributed by atoms with Crippen LogP contribution < -0.4 is 11.1 Å². The van der Waals surface area contributed by atoms with Crippen molar-refractivity contribution in [3.63, 3.8) is 0 Å². The van der Waals surface area contributed by atoms with Gasteiger partial charge in [0.15, 0.2) is 0 Å². The van der Waals surface area contributed by atoms with Gasteiger partial charge in [-0.3, -0.25) is 9.59 Å². The molecule has 0 fully saturated rings. The lowest BCUT2D eigenvalue weighted by atomic mass is 10.2. The number of H-pyrrole nitrogens is 1. The summed E-state index contributed by atoms with van der Waals surface area (Å²) in [6, 6.07) is 1.63. The van der Waals surface area contributed by atoms with Gasteiger partial charge in [0.2, 0.25) is 0 Å². The Bertz CT molecular complexity index is 1160. The average Bonchev–Trinajstić information content (AvgIpc) is 2.93. The third kappa shape index (κ3) is 2.90. The minimum atomic E-state index is -0.483. The Kier molecular flexibility index (Phi) is 4.85. The molecule has 1 N–H and O–H groups in total. The highest BCUT2D eigenvalue weighted by Gasteiger charge is 2.21. The number of hydrogen-bond donors (Lipinski definition) is 1. The Hall–Kier alpha value is -2.26. The lowest BCUT2D eigenvalue weighted by Gasteiger charge is -2.09. The number of nitrogens with zero attached hydrogens (tertiary/aromatic N) is 2. The number of fused-ring (bicyclic) bond motifs is 1. The molecule has 9 heteroatoms. The Morgan fingerprint density at radius 2 is 2.08 bits per heavy atom. The summed E-state index contributed by atoms with van der Waals surface area (Å²) in [7, 11) is 1.65. The lowest BCUT2D eigenvalue weighted by molar-refractivity contribution is 0.0531. The van der Waals surface area contributed by atoms with E-state index < -0.39 is 11.5 Å². The number of esters is 1. The minimum Gasteiger partial charge on any atom is -0.462 e. The fraction of sp³-hybridized carbons (Fsp3) is 0.294. The molecule has 3 rings (SSSR count). The van der Waals surface area contributed by atoms with Crippen LogP contribution in [0, 0.1) is 13.8 Å². The number of hydrogen-bond acceptors (Lipinski definition) is 6. The maximum absolute atomic E-state index is 12.6. The predicted molar refractivity (Wildman–Crippen MR) is 104 cm³/mol. The number of aromatic amines is 1. The van der Waals surface area contributed by atoms with Crippen LogP contribution in [0.5, 0.6) is 0 Å². The number of carbonyl (C=O) groups is 1. The molecular formula is C17H16BrN3O4S. The molecule has 0 aliphatic carbocycles. The van der Waals surface area contributed by atoms with Gasteiger partial charge >= 0.3 is 5.97 Å². The standard InChI is InChI=1S/C17H16BrN3O4S/c1-5-25-17(24)12-7(2)11-14(22)19-13(20-15(11)26-12)9-6-10(18)8(3)21(4)16(9)23/h6H,5H2,1-4H3,(H,19,20,22). The van der Waals surface area contributed by atoms with Gasteiger partial charge in [-0.2, -0.15) is 0 Å².